The van der Waals surface area contributed by atoms with E-state index in [0.717, 1.165) is 31.2 Å². The summed E-state index contributed by atoms with van der Waals surface area (Å²) < 4.78 is 0. The minimum atomic E-state index is -0.862. The lowest BCUT2D eigenvalue weighted by molar-refractivity contribution is -0.139. The van der Waals surface area contributed by atoms with Crippen LogP contribution in [0.25, 0.3) is 0 Å². The maximum atomic E-state index is 12.1. The number of carbonyl (C=O) groups excluding carboxylic acids is 1. The van der Waals surface area contributed by atoms with Crippen molar-refractivity contribution in [2.24, 2.45) is 0 Å². The van der Waals surface area contributed by atoms with E-state index in [4.69, 9.17) is 16.7 Å². The number of carboxylic acids is 1. The number of carbonyl (C=O) groups is 2. The van der Waals surface area contributed by atoms with Gasteiger partial charge in [-0.05, 0) is 30.5 Å². The average Bonchev–Trinajstić information content (AvgIpc) is 2.79. The van der Waals surface area contributed by atoms with E-state index in [1.807, 2.05) is 0 Å². The van der Waals surface area contributed by atoms with Crippen molar-refractivity contribution in [3.05, 3.63) is 34.9 Å². The predicted octanol–water partition coefficient (Wildman–Crippen LogP) is 2.79. The highest BCUT2D eigenvalue weighted by Gasteiger charge is 2.37. The molecule has 1 saturated carbocycles. The van der Waals surface area contributed by atoms with Crippen molar-refractivity contribution in [1.29, 1.82) is 0 Å². The fourth-order valence-corrected chi connectivity index (χ4v) is 2.94. The van der Waals surface area contributed by atoms with E-state index in [2.05, 4.69) is 5.32 Å². The van der Waals surface area contributed by atoms with Crippen LogP contribution in [0.3, 0.4) is 0 Å². The Morgan fingerprint density at radius 3 is 2.35 bits per heavy atom. The van der Waals surface area contributed by atoms with Crippen LogP contribution in [0.5, 0.6) is 0 Å². The lowest BCUT2D eigenvalue weighted by Crippen LogP contribution is -2.48. The summed E-state index contributed by atoms with van der Waals surface area (Å²) in [5.41, 5.74) is 0.311. The van der Waals surface area contributed by atoms with Crippen LogP contribution in [0, 0.1) is 0 Å². The number of carboxylic acid groups (broad SMARTS) is 1. The zero-order valence-electron chi connectivity index (χ0n) is 11.2. The van der Waals surface area contributed by atoms with Crippen LogP contribution >= 0.6 is 11.6 Å². The quantitative estimate of drug-likeness (QED) is 0.878. The van der Waals surface area contributed by atoms with Crippen LogP contribution in [0.4, 0.5) is 0 Å². The van der Waals surface area contributed by atoms with Gasteiger partial charge in [0.2, 0.25) is 5.91 Å². The molecule has 4 nitrogen and oxygen atoms in total. The van der Waals surface area contributed by atoms with Crippen LogP contribution in [0.2, 0.25) is 5.02 Å². The third-order valence-electron chi connectivity index (χ3n) is 3.73. The molecule has 1 aliphatic carbocycles. The first-order chi connectivity index (χ1) is 9.49. The first-order valence-corrected chi connectivity index (χ1v) is 7.14. The molecule has 0 unspecified atom stereocenters. The second-order valence-electron chi connectivity index (χ2n) is 5.41. The highest BCUT2D eigenvalue weighted by atomic mass is 35.5. The summed E-state index contributed by atoms with van der Waals surface area (Å²) in [6.45, 7) is 0. The molecule has 0 aromatic heterocycles. The molecule has 108 valence electrons. The smallest absolute Gasteiger partial charge is 0.305 e. The van der Waals surface area contributed by atoms with E-state index in [1.54, 1.807) is 24.3 Å². The Morgan fingerprint density at radius 1 is 1.20 bits per heavy atom. The maximum Gasteiger partial charge on any atom is 0.305 e. The summed E-state index contributed by atoms with van der Waals surface area (Å²) in [4.78, 5) is 23.1. The average molecular weight is 296 g/mol. The fourth-order valence-electron chi connectivity index (χ4n) is 2.81. The largest absolute Gasteiger partial charge is 0.481 e. The van der Waals surface area contributed by atoms with Crippen molar-refractivity contribution in [2.45, 2.75) is 44.1 Å². The molecule has 0 aliphatic heterocycles. The Kier molecular flexibility index (Phi) is 4.65. The molecule has 2 rings (SSSR count). The normalized spacial score (nSPS) is 16.9. The highest BCUT2D eigenvalue weighted by molar-refractivity contribution is 6.30. The molecule has 0 heterocycles. The van der Waals surface area contributed by atoms with Crippen LogP contribution in [0.15, 0.2) is 24.3 Å². The number of hydrogen-bond acceptors (Lipinski definition) is 2. The predicted molar refractivity (Wildman–Crippen MR) is 76.8 cm³/mol. The summed E-state index contributed by atoms with van der Waals surface area (Å²) >= 11 is 5.80. The number of benzene rings is 1. The lowest BCUT2D eigenvalue weighted by atomic mass is 9.92. The van der Waals surface area contributed by atoms with E-state index in [-0.39, 0.29) is 18.7 Å². The number of halogens is 1. The minimum absolute atomic E-state index is 0.000637. The van der Waals surface area contributed by atoms with E-state index in [1.165, 1.54) is 0 Å². The van der Waals surface area contributed by atoms with Gasteiger partial charge in [-0.15, -0.1) is 0 Å². The van der Waals surface area contributed by atoms with Gasteiger partial charge in [0.25, 0.3) is 0 Å². The van der Waals surface area contributed by atoms with Crippen molar-refractivity contribution in [2.75, 3.05) is 0 Å². The molecule has 0 saturated heterocycles. The van der Waals surface area contributed by atoms with Gasteiger partial charge < -0.3 is 10.4 Å². The Bertz CT molecular complexity index is 492. The number of nitrogens with one attached hydrogen (secondary N) is 1. The lowest BCUT2D eigenvalue weighted by Gasteiger charge is -2.28. The molecule has 5 heteroatoms. The van der Waals surface area contributed by atoms with Crippen molar-refractivity contribution < 1.29 is 14.7 Å². The highest BCUT2D eigenvalue weighted by Crippen LogP contribution is 2.32. The number of rotatable bonds is 5. The van der Waals surface area contributed by atoms with Crippen molar-refractivity contribution in [3.63, 3.8) is 0 Å². The van der Waals surface area contributed by atoms with Gasteiger partial charge in [0.15, 0.2) is 0 Å². The Hall–Kier alpha value is -1.55. The van der Waals surface area contributed by atoms with Crippen LogP contribution < -0.4 is 5.32 Å². The van der Waals surface area contributed by atoms with Crippen LogP contribution in [-0.2, 0) is 16.0 Å². The van der Waals surface area contributed by atoms with E-state index in [9.17, 15) is 9.59 Å². The van der Waals surface area contributed by atoms with E-state index >= 15 is 0 Å². The summed E-state index contributed by atoms with van der Waals surface area (Å²) in [6, 6.07) is 7.10. The summed E-state index contributed by atoms with van der Waals surface area (Å²) in [5, 5.41) is 12.6. The number of aliphatic carboxylic acids is 1. The zero-order chi connectivity index (χ0) is 14.6. The van der Waals surface area contributed by atoms with E-state index in [0.29, 0.717) is 5.02 Å². The summed E-state index contributed by atoms with van der Waals surface area (Å²) in [5.74, 6) is -0.992. The molecule has 1 aromatic rings. The van der Waals surface area contributed by atoms with Gasteiger partial charge in [-0.2, -0.15) is 0 Å². The molecule has 20 heavy (non-hydrogen) atoms. The van der Waals surface area contributed by atoms with Gasteiger partial charge in [0.05, 0.1) is 18.4 Å². The van der Waals surface area contributed by atoms with Gasteiger partial charge in [-0.3, -0.25) is 9.59 Å². The van der Waals surface area contributed by atoms with Crippen LogP contribution in [0.1, 0.15) is 37.7 Å². The molecule has 0 bridgehead atoms. The molecule has 2 N–H and O–H groups in total. The standard InChI is InChI=1S/C15H18ClNO3/c16-12-5-3-11(4-6-12)9-13(18)17-15(10-14(19)20)7-1-2-8-15/h3-6H,1-2,7-10H2,(H,17,18)(H,19,20). The van der Waals surface area contributed by atoms with E-state index < -0.39 is 11.5 Å². The second-order valence-corrected chi connectivity index (χ2v) is 5.85. The first-order valence-electron chi connectivity index (χ1n) is 6.76. The molecule has 0 radical (unpaired) electrons. The molecule has 1 aliphatic rings. The molecule has 1 fully saturated rings. The SMILES string of the molecule is O=C(O)CC1(NC(=O)Cc2ccc(Cl)cc2)CCCC1. The summed E-state index contributed by atoms with van der Waals surface area (Å²) in [6.07, 6.45) is 3.66. The van der Waals surface area contributed by atoms with Gasteiger partial charge in [-0.1, -0.05) is 36.6 Å². The Balaban J connectivity index is 1.98. The third kappa shape index (κ3) is 3.97. The van der Waals surface area contributed by atoms with Gasteiger partial charge in [-0.25, -0.2) is 0 Å². The molecule has 1 amide bonds. The number of amides is 1. The van der Waals surface area contributed by atoms with Crippen molar-refractivity contribution in [1.82, 2.24) is 5.32 Å². The first kappa shape index (κ1) is 14.9. The molecule has 0 atom stereocenters. The molecular formula is C15H18ClNO3. The Labute approximate surface area is 123 Å². The monoisotopic (exact) mass is 295 g/mol. The van der Waals surface area contributed by atoms with Gasteiger partial charge in [0, 0.05) is 5.02 Å². The molecule has 0 spiro atoms. The second kappa shape index (κ2) is 6.27. The molecular weight excluding hydrogens is 278 g/mol. The topological polar surface area (TPSA) is 66.4 Å². The fraction of sp³-hybridized carbons (Fsp3) is 0.467. The minimum Gasteiger partial charge on any atom is -0.481 e. The van der Waals surface area contributed by atoms with Crippen molar-refractivity contribution in [3.8, 4) is 0 Å². The van der Waals surface area contributed by atoms with Gasteiger partial charge >= 0.3 is 5.97 Å². The zero-order valence-corrected chi connectivity index (χ0v) is 11.9. The number of hydrogen-bond donors (Lipinski definition) is 2. The Morgan fingerprint density at radius 2 is 1.80 bits per heavy atom. The summed E-state index contributed by atoms with van der Waals surface area (Å²) in [7, 11) is 0. The maximum absolute atomic E-state index is 12.1. The third-order valence-corrected chi connectivity index (χ3v) is 3.98. The van der Waals surface area contributed by atoms with Crippen molar-refractivity contribution >= 4 is 23.5 Å². The van der Waals surface area contributed by atoms with Gasteiger partial charge in [0.1, 0.15) is 0 Å². The van der Waals surface area contributed by atoms with Crippen LogP contribution in [-0.4, -0.2) is 22.5 Å². The molecule has 1 aromatic carbocycles.